The number of nitrogens with one attached hydrogen (secondary N) is 1. The summed E-state index contributed by atoms with van der Waals surface area (Å²) >= 11 is 0. The first kappa shape index (κ1) is 13.5. The van der Waals surface area contributed by atoms with Gasteiger partial charge in [-0.1, -0.05) is 6.07 Å². The summed E-state index contributed by atoms with van der Waals surface area (Å²) in [6, 6.07) is 9.09. The van der Waals surface area contributed by atoms with Crippen molar-refractivity contribution in [3.8, 4) is 0 Å². The van der Waals surface area contributed by atoms with Crippen LogP contribution in [0.4, 0.5) is 0 Å². The van der Waals surface area contributed by atoms with Gasteiger partial charge in [0.15, 0.2) is 0 Å². The second kappa shape index (κ2) is 5.85. The topological polar surface area (TPSA) is 59.3 Å². The number of aryl methyl sites for hydroxylation is 1. The average Bonchev–Trinajstić information content (AvgIpc) is 2.49. The molecular weight excluding hydrogens is 264 g/mol. The Bertz CT molecular complexity index is 826. The summed E-state index contributed by atoms with van der Waals surface area (Å²) in [6.07, 6.45) is 5.35. The van der Waals surface area contributed by atoms with Crippen LogP contribution in [-0.4, -0.2) is 14.4 Å². The largest absolute Gasteiger partial charge is 0.307 e. The van der Waals surface area contributed by atoms with Gasteiger partial charge in [-0.05, 0) is 36.2 Å². The van der Waals surface area contributed by atoms with E-state index in [4.69, 9.17) is 0 Å². The zero-order valence-corrected chi connectivity index (χ0v) is 11.8. The molecule has 0 bridgehead atoms. The van der Waals surface area contributed by atoms with Gasteiger partial charge in [0.25, 0.3) is 5.56 Å². The van der Waals surface area contributed by atoms with Crippen molar-refractivity contribution in [1.29, 1.82) is 0 Å². The molecule has 0 amide bonds. The molecular formula is C16H16N4O. The Balaban J connectivity index is 1.74. The van der Waals surface area contributed by atoms with Crippen LogP contribution in [0.5, 0.6) is 0 Å². The van der Waals surface area contributed by atoms with Gasteiger partial charge in [0.05, 0.1) is 5.69 Å². The summed E-state index contributed by atoms with van der Waals surface area (Å²) in [7, 11) is 0. The first-order valence-corrected chi connectivity index (χ1v) is 6.81. The van der Waals surface area contributed by atoms with Crippen LogP contribution in [0.3, 0.4) is 0 Å². The lowest BCUT2D eigenvalue weighted by atomic mass is 10.1. The SMILES string of the molecule is Cc1cnccc1CNCc1cc(=O)n2ccccc2n1. The van der Waals surface area contributed by atoms with Gasteiger partial charge >= 0.3 is 0 Å². The molecule has 3 aromatic rings. The number of aromatic nitrogens is 3. The van der Waals surface area contributed by atoms with Crippen LogP contribution >= 0.6 is 0 Å². The third kappa shape index (κ3) is 2.98. The molecule has 0 radical (unpaired) electrons. The maximum atomic E-state index is 12.0. The Hall–Kier alpha value is -2.53. The zero-order valence-electron chi connectivity index (χ0n) is 11.8. The van der Waals surface area contributed by atoms with Crippen LogP contribution in [0.15, 0.2) is 53.7 Å². The van der Waals surface area contributed by atoms with E-state index < -0.39 is 0 Å². The number of pyridine rings is 2. The van der Waals surface area contributed by atoms with Crippen molar-refractivity contribution in [1.82, 2.24) is 19.7 Å². The number of hydrogen-bond donors (Lipinski definition) is 1. The van der Waals surface area contributed by atoms with Crippen molar-refractivity contribution in [2.24, 2.45) is 0 Å². The minimum absolute atomic E-state index is 0.0579. The quantitative estimate of drug-likeness (QED) is 0.790. The van der Waals surface area contributed by atoms with Gasteiger partial charge in [-0.15, -0.1) is 0 Å². The van der Waals surface area contributed by atoms with E-state index in [9.17, 15) is 4.79 Å². The molecule has 0 aliphatic heterocycles. The summed E-state index contributed by atoms with van der Waals surface area (Å²) in [6.45, 7) is 3.32. The van der Waals surface area contributed by atoms with Crippen LogP contribution in [0.25, 0.3) is 5.65 Å². The standard InChI is InChI=1S/C16H16N4O/c1-12-9-17-6-5-13(12)10-18-11-14-8-16(21)20-7-3-2-4-15(20)19-14/h2-9,18H,10-11H2,1H3. The lowest BCUT2D eigenvalue weighted by molar-refractivity contribution is 0.675. The Morgan fingerprint density at radius 2 is 2.14 bits per heavy atom. The molecule has 0 aliphatic carbocycles. The van der Waals surface area contributed by atoms with Gasteiger partial charge in [-0.3, -0.25) is 14.2 Å². The fourth-order valence-corrected chi connectivity index (χ4v) is 2.22. The Morgan fingerprint density at radius 1 is 1.24 bits per heavy atom. The maximum Gasteiger partial charge on any atom is 0.258 e. The second-order valence-electron chi connectivity index (χ2n) is 4.92. The van der Waals surface area contributed by atoms with Gasteiger partial charge in [-0.25, -0.2) is 4.98 Å². The molecule has 1 N–H and O–H groups in total. The monoisotopic (exact) mass is 280 g/mol. The van der Waals surface area contributed by atoms with Crippen molar-refractivity contribution >= 4 is 5.65 Å². The van der Waals surface area contributed by atoms with Gasteiger partial charge in [-0.2, -0.15) is 0 Å². The minimum atomic E-state index is -0.0579. The minimum Gasteiger partial charge on any atom is -0.307 e. The van der Waals surface area contributed by atoms with Crippen molar-refractivity contribution in [2.75, 3.05) is 0 Å². The molecule has 0 aliphatic rings. The fraction of sp³-hybridized carbons (Fsp3) is 0.188. The molecule has 3 aromatic heterocycles. The third-order valence-corrected chi connectivity index (χ3v) is 3.38. The molecule has 0 fully saturated rings. The van der Waals surface area contributed by atoms with E-state index in [1.54, 1.807) is 18.5 Å². The van der Waals surface area contributed by atoms with Gasteiger partial charge in [0.2, 0.25) is 0 Å². The molecule has 5 nitrogen and oxygen atoms in total. The molecule has 5 heteroatoms. The molecule has 0 atom stereocenters. The predicted octanol–water partition coefficient (Wildman–Crippen LogP) is 1.69. The van der Waals surface area contributed by atoms with Crippen LogP contribution in [0, 0.1) is 6.92 Å². The second-order valence-corrected chi connectivity index (χ2v) is 4.92. The fourth-order valence-electron chi connectivity index (χ4n) is 2.22. The van der Waals surface area contributed by atoms with E-state index in [-0.39, 0.29) is 5.56 Å². The van der Waals surface area contributed by atoms with Gasteiger partial charge in [0.1, 0.15) is 5.65 Å². The normalized spacial score (nSPS) is 10.9. The highest BCUT2D eigenvalue weighted by molar-refractivity contribution is 5.38. The molecule has 0 saturated carbocycles. The van der Waals surface area contributed by atoms with E-state index >= 15 is 0 Å². The van der Waals surface area contributed by atoms with Crippen LogP contribution in [0.2, 0.25) is 0 Å². The van der Waals surface area contributed by atoms with Crippen molar-refractivity contribution in [3.63, 3.8) is 0 Å². The first-order valence-electron chi connectivity index (χ1n) is 6.81. The van der Waals surface area contributed by atoms with E-state index in [1.165, 1.54) is 9.96 Å². The third-order valence-electron chi connectivity index (χ3n) is 3.38. The van der Waals surface area contributed by atoms with Gasteiger partial charge in [0, 0.05) is 37.7 Å². The van der Waals surface area contributed by atoms with Crippen LogP contribution < -0.4 is 10.9 Å². The smallest absolute Gasteiger partial charge is 0.258 e. The van der Waals surface area contributed by atoms with Crippen LogP contribution in [-0.2, 0) is 13.1 Å². The molecule has 0 saturated heterocycles. The molecule has 3 rings (SSSR count). The zero-order chi connectivity index (χ0) is 14.7. The van der Waals surface area contributed by atoms with E-state index in [0.29, 0.717) is 12.2 Å². The maximum absolute atomic E-state index is 12.0. The molecule has 106 valence electrons. The first-order chi connectivity index (χ1) is 10.2. The molecule has 0 spiro atoms. The average molecular weight is 280 g/mol. The van der Waals surface area contributed by atoms with E-state index in [2.05, 4.69) is 15.3 Å². The van der Waals surface area contributed by atoms with Crippen molar-refractivity contribution in [2.45, 2.75) is 20.0 Å². The summed E-state index contributed by atoms with van der Waals surface area (Å²) in [4.78, 5) is 20.5. The Kier molecular flexibility index (Phi) is 3.75. The predicted molar refractivity (Wildman–Crippen MR) is 81.0 cm³/mol. The number of nitrogens with zero attached hydrogens (tertiary/aromatic N) is 3. The number of rotatable bonds is 4. The number of hydrogen-bond acceptors (Lipinski definition) is 4. The summed E-state index contributed by atoms with van der Waals surface area (Å²) in [5.74, 6) is 0. The van der Waals surface area contributed by atoms with Crippen molar-refractivity contribution < 1.29 is 0 Å². The summed E-state index contributed by atoms with van der Waals surface area (Å²) in [5.41, 5.74) is 3.70. The summed E-state index contributed by atoms with van der Waals surface area (Å²) < 4.78 is 1.54. The van der Waals surface area contributed by atoms with Gasteiger partial charge < -0.3 is 5.32 Å². The van der Waals surface area contributed by atoms with Crippen LogP contribution in [0.1, 0.15) is 16.8 Å². The highest BCUT2D eigenvalue weighted by atomic mass is 16.1. The molecule has 0 aromatic carbocycles. The number of fused-ring (bicyclic) bond motifs is 1. The molecule has 21 heavy (non-hydrogen) atoms. The summed E-state index contributed by atoms with van der Waals surface area (Å²) in [5, 5.41) is 3.31. The Morgan fingerprint density at radius 3 is 3.00 bits per heavy atom. The lowest BCUT2D eigenvalue weighted by Gasteiger charge is -2.07. The van der Waals surface area contributed by atoms with Crippen molar-refractivity contribution in [3.05, 3.63) is 76.1 Å². The molecule has 3 heterocycles. The molecule has 0 unspecified atom stereocenters. The Labute approximate surface area is 122 Å². The van der Waals surface area contributed by atoms with E-state index in [0.717, 1.165) is 17.8 Å². The highest BCUT2D eigenvalue weighted by Gasteiger charge is 2.02. The lowest BCUT2D eigenvalue weighted by Crippen LogP contribution is -2.20. The highest BCUT2D eigenvalue weighted by Crippen LogP contribution is 2.05. The van der Waals surface area contributed by atoms with E-state index in [1.807, 2.05) is 37.4 Å².